The molecule has 244 valence electrons. The number of aromatic nitrogens is 1. The van der Waals surface area contributed by atoms with Gasteiger partial charge in [-0.3, -0.25) is 9.59 Å². The van der Waals surface area contributed by atoms with Crippen LogP contribution < -0.4 is 20.3 Å². The van der Waals surface area contributed by atoms with Gasteiger partial charge in [0.15, 0.2) is 0 Å². The van der Waals surface area contributed by atoms with E-state index in [1.807, 2.05) is 6.20 Å². The van der Waals surface area contributed by atoms with Crippen LogP contribution in [0.3, 0.4) is 0 Å². The second-order valence-electron chi connectivity index (χ2n) is 14.2. The fourth-order valence-electron chi connectivity index (χ4n) is 7.68. The molecule has 0 spiro atoms. The number of hydrogen-bond acceptors (Lipinski definition) is 6. The van der Waals surface area contributed by atoms with Gasteiger partial charge in [-0.1, -0.05) is 24.3 Å². The number of benzene rings is 2. The number of nitrogens with one attached hydrogen (secondary N) is 2. The molecule has 4 fully saturated rings. The average Bonchev–Trinajstić information content (AvgIpc) is 3.79. The largest absolute Gasteiger partial charge is 0.496 e. The smallest absolute Gasteiger partial charge is 0.230 e. The minimum Gasteiger partial charge on any atom is -0.496 e. The number of thiazole rings is 1. The Morgan fingerprint density at radius 1 is 0.935 bits per heavy atom. The Bertz CT molecular complexity index is 1530. The molecule has 3 aliphatic carbocycles. The number of nitrogens with zero attached hydrogens (tertiary/aromatic N) is 2. The number of amides is 2. The van der Waals surface area contributed by atoms with Crippen LogP contribution in [0.25, 0.3) is 10.4 Å². The molecule has 0 unspecified atom stereocenters. The summed E-state index contributed by atoms with van der Waals surface area (Å²) >= 11 is 1.80. The highest BCUT2D eigenvalue weighted by Gasteiger charge is 2.35. The van der Waals surface area contributed by atoms with Crippen molar-refractivity contribution >= 4 is 28.8 Å². The number of anilines is 1. The minimum absolute atomic E-state index is 0.00864. The maximum atomic E-state index is 14.4. The first-order valence-corrected chi connectivity index (χ1v) is 18.3. The molecule has 1 aliphatic heterocycles. The van der Waals surface area contributed by atoms with Crippen molar-refractivity contribution in [3.63, 3.8) is 0 Å². The highest BCUT2D eigenvalue weighted by atomic mass is 32.1. The van der Waals surface area contributed by atoms with Gasteiger partial charge in [0, 0.05) is 49.4 Å². The van der Waals surface area contributed by atoms with Crippen LogP contribution in [0.4, 0.5) is 5.69 Å². The Balaban J connectivity index is 1.05. The Kier molecular flexibility index (Phi) is 9.45. The average molecular weight is 641 g/mol. The van der Waals surface area contributed by atoms with Gasteiger partial charge < -0.3 is 20.3 Å². The maximum Gasteiger partial charge on any atom is 0.230 e. The van der Waals surface area contributed by atoms with E-state index in [9.17, 15) is 9.59 Å². The lowest BCUT2D eigenvalue weighted by atomic mass is 9.78. The summed E-state index contributed by atoms with van der Waals surface area (Å²) in [7, 11) is 1.73. The molecule has 46 heavy (non-hydrogen) atoms. The predicted molar refractivity (Wildman–Crippen MR) is 185 cm³/mol. The molecule has 2 amide bonds. The van der Waals surface area contributed by atoms with E-state index >= 15 is 0 Å². The molecular formula is C38H48N4O3S. The summed E-state index contributed by atoms with van der Waals surface area (Å²) in [6.07, 6.45) is 12.4. The third kappa shape index (κ3) is 7.03. The van der Waals surface area contributed by atoms with Crippen molar-refractivity contribution in [1.29, 1.82) is 0 Å². The van der Waals surface area contributed by atoms with Gasteiger partial charge in [0.2, 0.25) is 11.8 Å². The molecule has 2 N–H and O–H groups in total. The van der Waals surface area contributed by atoms with Crippen LogP contribution in [0, 0.1) is 24.7 Å². The van der Waals surface area contributed by atoms with E-state index in [0.29, 0.717) is 17.8 Å². The molecule has 1 aromatic heterocycles. The van der Waals surface area contributed by atoms with Crippen molar-refractivity contribution < 1.29 is 14.3 Å². The number of aryl methyl sites for hydroxylation is 1. The molecule has 2 heterocycles. The minimum atomic E-state index is -0.00864. The van der Waals surface area contributed by atoms with Crippen LogP contribution in [0.5, 0.6) is 5.75 Å². The summed E-state index contributed by atoms with van der Waals surface area (Å²) in [6.45, 7) is 4.44. The van der Waals surface area contributed by atoms with Gasteiger partial charge in [-0.25, -0.2) is 4.98 Å². The van der Waals surface area contributed by atoms with Gasteiger partial charge in [0.1, 0.15) is 5.75 Å². The Labute approximate surface area is 277 Å². The van der Waals surface area contributed by atoms with Crippen LogP contribution in [0.15, 0.2) is 48.7 Å². The van der Waals surface area contributed by atoms with E-state index in [0.717, 1.165) is 88.0 Å². The maximum absolute atomic E-state index is 14.4. The highest BCUT2D eigenvalue weighted by molar-refractivity contribution is 7.15. The lowest BCUT2D eigenvalue weighted by Gasteiger charge is -2.37. The lowest BCUT2D eigenvalue weighted by molar-refractivity contribution is -0.127. The normalized spacial score (nSPS) is 25.0. The summed E-state index contributed by atoms with van der Waals surface area (Å²) < 4.78 is 5.49. The zero-order valence-corrected chi connectivity index (χ0v) is 28.1. The van der Waals surface area contributed by atoms with Gasteiger partial charge in [0.25, 0.3) is 0 Å². The van der Waals surface area contributed by atoms with E-state index < -0.39 is 0 Å². The van der Waals surface area contributed by atoms with Crippen molar-refractivity contribution in [2.24, 2.45) is 17.8 Å². The zero-order chi connectivity index (χ0) is 31.6. The van der Waals surface area contributed by atoms with Crippen LogP contribution in [0.1, 0.15) is 92.2 Å². The number of carbonyl (C=O) groups is 2. The van der Waals surface area contributed by atoms with Crippen LogP contribution in [-0.4, -0.2) is 49.6 Å². The first kappa shape index (κ1) is 31.4. The summed E-state index contributed by atoms with van der Waals surface area (Å²) in [6, 6.07) is 15.4. The number of hydrogen-bond donors (Lipinski definition) is 2. The number of rotatable bonds is 10. The molecule has 3 saturated carbocycles. The molecule has 0 radical (unpaired) electrons. The standard InChI is InChI=1S/C38H48N4O3S/c1-24-18-29(14-17-34(24)45-2)26-8-6-25(7-9-26)23-42(33-5-3-4-30(19-33)35-22-40-37(46-35)27-10-11-27)38(44)28-12-15-32(16-13-28)41-36(43)31-20-39-21-31/h3-5,14,17-19,22,25-28,31-32,39H,6-13,15-16,20-21,23H2,1-2H3,(H,41,43). The van der Waals surface area contributed by atoms with E-state index in [-0.39, 0.29) is 29.7 Å². The quantitative estimate of drug-likeness (QED) is 0.245. The summed E-state index contributed by atoms with van der Waals surface area (Å²) in [5, 5.41) is 7.69. The number of carbonyl (C=O) groups excluding carboxylic acids is 2. The van der Waals surface area contributed by atoms with Crippen LogP contribution in [0.2, 0.25) is 0 Å². The fraction of sp³-hybridized carbons (Fsp3) is 0.553. The molecule has 7 nitrogen and oxygen atoms in total. The van der Waals surface area contributed by atoms with E-state index in [1.54, 1.807) is 18.4 Å². The Morgan fingerprint density at radius 3 is 2.37 bits per heavy atom. The molecule has 8 heteroatoms. The third-order valence-electron chi connectivity index (χ3n) is 10.9. The van der Waals surface area contributed by atoms with Gasteiger partial charge >= 0.3 is 0 Å². The van der Waals surface area contributed by atoms with Crippen molar-refractivity contribution in [3.8, 4) is 16.2 Å². The second-order valence-corrected chi connectivity index (χ2v) is 15.3. The molecular weight excluding hydrogens is 593 g/mol. The first-order chi connectivity index (χ1) is 22.4. The van der Waals surface area contributed by atoms with Gasteiger partial charge in [-0.15, -0.1) is 11.3 Å². The summed E-state index contributed by atoms with van der Waals surface area (Å²) in [5.74, 6) is 3.13. The number of ether oxygens (including phenoxy) is 1. The SMILES string of the molecule is COc1ccc(C2CCC(CN(C(=O)C3CCC(NC(=O)C4CNC4)CC3)c3cccc(-c4cnc(C5CC5)s4)c3)CC2)cc1C. The lowest BCUT2D eigenvalue weighted by Crippen LogP contribution is -2.53. The van der Waals surface area contributed by atoms with E-state index in [1.165, 1.54) is 33.9 Å². The van der Waals surface area contributed by atoms with Crippen molar-refractivity contribution in [2.45, 2.75) is 89.0 Å². The van der Waals surface area contributed by atoms with Gasteiger partial charge in [-0.05, 0) is 118 Å². The molecule has 0 bridgehead atoms. The fourth-order valence-corrected chi connectivity index (χ4v) is 8.76. The predicted octanol–water partition coefficient (Wildman–Crippen LogP) is 7.21. The second kappa shape index (κ2) is 13.9. The van der Waals surface area contributed by atoms with Crippen LogP contribution >= 0.6 is 11.3 Å². The van der Waals surface area contributed by atoms with E-state index in [2.05, 4.69) is 64.9 Å². The third-order valence-corrected chi connectivity index (χ3v) is 12.1. The topological polar surface area (TPSA) is 83.6 Å². The molecule has 1 saturated heterocycles. The molecule has 7 rings (SSSR count). The van der Waals surface area contributed by atoms with Gasteiger partial charge in [-0.2, -0.15) is 0 Å². The van der Waals surface area contributed by atoms with Crippen molar-refractivity contribution in [2.75, 3.05) is 31.6 Å². The Hall–Kier alpha value is -3.23. The Morgan fingerprint density at radius 2 is 1.70 bits per heavy atom. The van der Waals surface area contributed by atoms with Gasteiger partial charge in [0.05, 0.1) is 22.9 Å². The molecule has 3 aromatic rings. The van der Waals surface area contributed by atoms with Crippen LogP contribution in [-0.2, 0) is 9.59 Å². The first-order valence-electron chi connectivity index (χ1n) is 17.5. The van der Waals surface area contributed by atoms with Crippen molar-refractivity contribution in [1.82, 2.24) is 15.6 Å². The molecule has 0 atom stereocenters. The summed E-state index contributed by atoms with van der Waals surface area (Å²) in [4.78, 5) is 35.0. The molecule has 4 aliphatic rings. The van der Waals surface area contributed by atoms with Crippen molar-refractivity contribution in [3.05, 3.63) is 64.8 Å². The zero-order valence-electron chi connectivity index (χ0n) is 27.3. The molecule has 2 aromatic carbocycles. The highest BCUT2D eigenvalue weighted by Crippen LogP contribution is 2.44. The monoisotopic (exact) mass is 640 g/mol. The number of methoxy groups -OCH3 is 1. The van der Waals surface area contributed by atoms with E-state index in [4.69, 9.17) is 9.72 Å². The summed E-state index contributed by atoms with van der Waals surface area (Å²) in [5.41, 5.74) is 4.75.